The highest BCUT2D eigenvalue weighted by molar-refractivity contribution is 5.54. The van der Waals surface area contributed by atoms with E-state index in [1.54, 1.807) is 0 Å². The van der Waals surface area contributed by atoms with Crippen molar-refractivity contribution < 1.29 is 0 Å². The monoisotopic (exact) mass is 259 g/mol. The van der Waals surface area contributed by atoms with Crippen molar-refractivity contribution in [1.29, 1.82) is 0 Å². The molecule has 1 fully saturated rings. The Morgan fingerprint density at radius 1 is 0.947 bits per heavy atom. The van der Waals surface area contributed by atoms with E-state index in [0.29, 0.717) is 6.04 Å². The van der Waals surface area contributed by atoms with Crippen LogP contribution in [-0.2, 0) is 5.41 Å². The summed E-state index contributed by atoms with van der Waals surface area (Å²) in [7, 11) is 0. The van der Waals surface area contributed by atoms with Crippen molar-refractivity contribution in [2.24, 2.45) is 11.8 Å². The molecule has 0 spiro atoms. The van der Waals surface area contributed by atoms with Crippen LogP contribution in [-0.4, -0.2) is 6.04 Å². The Hall–Kier alpha value is -0.980. The van der Waals surface area contributed by atoms with E-state index >= 15 is 0 Å². The summed E-state index contributed by atoms with van der Waals surface area (Å²) in [6.45, 7) is 11.7. The average molecular weight is 259 g/mol. The molecule has 2 rings (SSSR count). The Kier molecular flexibility index (Phi) is 4.23. The molecule has 1 saturated carbocycles. The molecule has 106 valence electrons. The van der Waals surface area contributed by atoms with Gasteiger partial charge in [-0.05, 0) is 48.1 Å². The summed E-state index contributed by atoms with van der Waals surface area (Å²) in [5.41, 5.74) is 2.97. The number of nitrogens with one attached hydrogen (secondary N) is 1. The van der Waals surface area contributed by atoms with Crippen LogP contribution < -0.4 is 5.32 Å². The summed E-state index contributed by atoms with van der Waals surface area (Å²) >= 11 is 0. The molecule has 1 nitrogen and oxygen atoms in total. The predicted molar refractivity (Wildman–Crippen MR) is 84.7 cm³/mol. The number of anilines is 1. The van der Waals surface area contributed by atoms with Gasteiger partial charge in [0.25, 0.3) is 0 Å². The zero-order valence-electron chi connectivity index (χ0n) is 13.2. The van der Waals surface area contributed by atoms with Crippen LogP contribution >= 0.6 is 0 Å². The summed E-state index contributed by atoms with van der Waals surface area (Å²) < 4.78 is 0. The van der Waals surface area contributed by atoms with Gasteiger partial charge < -0.3 is 5.32 Å². The number of hydrogen-bond donors (Lipinski definition) is 1. The minimum absolute atomic E-state index is 0.204. The SMILES string of the molecule is CC1CC(C)CC(Nc2ccccc2C(C)(C)C)C1. The quantitative estimate of drug-likeness (QED) is 0.767. The van der Waals surface area contributed by atoms with E-state index in [0.717, 1.165) is 11.8 Å². The third kappa shape index (κ3) is 3.75. The second kappa shape index (κ2) is 5.56. The van der Waals surface area contributed by atoms with E-state index < -0.39 is 0 Å². The summed E-state index contributed by atoms with van der Waals surface area (Å²) in [4.78, 5) is 0. The van der Waals surface area contributed by atoms with Crippen molar-refractivity contribution >= 4 is 5.69 Å². The zero-order chi connectivity index (χ0) is 14.0. The largest absolute Gasteiger partial charge is 0.382 e. The Bertz CT molecular complexity index is 406. The maximum absolute atomic E-state index is 3.82. The van der Waals surface area contributed by atoms with Gasteiger partial charge in [0.15, 0.2) is 0 Å². The van der Waals surface area contributed by atoms with Crippen molar-refractivity contribution in [3.8, 4) is 0 Å². The second-order valence-corrected chi connectivity index (χ2v) is 7.55. The van der Waals surface area contributed by atoms with E-state index in [2.05, 4.69) is 64.2 Å². The molecule has 2 atom stereocenters. The van der Waals surface area contributed by atoms with Gasteiger partial charge in [-0.3, -0.25) is 0 Å². The first-order chi connectivity index (χ1) is 8.86. The summed E-state index contributed by atoms with van der Waals surface area (Å²) in [5, 5.41) is 3.82. The van der Waals surface area contributed by atoms with Crippen molar-refractivity contribution in [1.82, 2.24) is 0 Å². The van der Waals surface area contributed by atoms with Gasteiger partial charge in [0.1, 0.15) is 0 Å². The van der Waals surface area contributed by atoms with E-state index in [4.69, 9.17) is 0 Å². The maximum atomic E-state index is 3.82. The molecule has 0 amide bonds. The smallest absolute Gasteiger partial charge is 0.0380 e. The third-order valence-electron chi connectivity index (χ3n) is 4.27. The molecule has 1 aliphatic carbocycles. The second-order valence-electron chi connectivity index (χ2n) is 7.55. The molecule has 1 N–H and O–H groups in total. The van der Waals surface area contributed by atoms with Crippen LogP contribution in [0.1, 0.15) is 59.4 Å². The van der Waals surface area contributed by atoms with Crippen molar-refractivity contribution in [3.63, 3.8) is 0 Å². The highest BCUT2D eigenvalue weighted by Crippen LogP contribution is 2.34. The molecule has 0 saturated heterocycles. The lowest BCUT2D eigenvalue weighted by atomic mass is 9.80. The highest BCUT2D eigenvalue weighted by atomic mass is 14.9. The lowest BCUT2D eigenvalue weighted by Gasteiger charge is -2.34. The van der Waals surface area contributed by atoms with Crippen LogP contribution in [0.2, 0.25) is 0 Å². The fraction of sp³-hybridized carbons (Fsp3) is 0.667. The Morgan fingerprint density at radius 3 is 2.11 bits per heavy atom. The van der Waals surface area contributed by atoms with Crippen molar-refractivity contribution in [2.45, 2.75) is 65.3 Å². The van der Waals surface area contributed by atoms with Crippen molar-refractivity contribution in [2.75, 3.05) is 5.32 Å². The van der Waals surface area contributed by atoms with E-state index in [-0.39, 0.29) is 5.41 Å². The third-order valence-corrected chi connectivity index (χ3v) is 4.27. The molecule has 2 unspecified atom stereocenters. The summed E-state index contributed by atoms with van der Waals surface area (Å²) in [6.07, 6.45) is 4.00. The molecular formula is C18H29N. The summed E-state index contributed by atoms with van der Waals surface area (Å²) in [6, 6.07) is 9.44. The first kappa shape index (κ1) is 14.4. The highest BCUT2D eigenvalue weighted by Gasteiger charge is 2.25. The Balaban J connectivity index is 2.15. The fourth-order valence-electron chi connectivity index (χ4n) is 3.55. The fourth-order valence-corrected chi connectivity index (χ4v) is 3.55. The zero-order valence-corrected chi connectivity index (χ0v) is 13.2. The van der Waals surface area contributed by atoms with Crippen LogP contribution in [0.3, 0.4) is 0 Å². The lowest BCUT2D eigenvalue weighted by molar-refractivity contribution is 0.280. The maximum Gasteiger partial charge on any atom is 0.0380 e. The van der Waals surface area contributed by atoms with E-state index in [1.165, 1.54) is 30.5 Å². The predicted octanol–water partition coefficient (Wildman–Crippen LogP) is 5.22. The number of rotatable bonds is 2. The van der Waals surface area contributed by atoms with Crippen LogP contribution in [0.5, 0.6) is 0 Å². The van der Waals surface area contributed by atoms with Crippen LogP contribution in [0.25, 0.3) is 0 Å². The molecule has 0 bridgehead atoms. The Morgan fingerprint density at radius 2 is 1.53 bits per heavy atom. The first-order valence-electron chi connectivity index (χ1n) is 7.72. The van der Waals surface area contributed by atoms with E-state index in [1.807, 2.05) is 0 Å². The Labute approximate surface area is 118 Å². The molecule has 0 aromatic heterocycles. The lowest BCUT2D eigenvalue weighted by Crippen LogP contribution is -2.31. The van der Waals surface area contributed by atoms with Gasteiger partial charge >= 0.3 is 0 Å². The van der Waals surface area contributed by atoms with Gasteiger partial charge in [-0.15, -0.1) is 0 Å². The van der Waals surface area contributed by atoms with Crippen LogP contribution in [0, 0.1) is 11.8 Å². The number of benzene rings is 1. The summed E-state index contributed by atoms with van der Waals surface area (Å²) in [5.74, 6) is 1.70. The standard InChI is InChI=1S/C18H29N/c1-13-10-14(2)12-15(11-13)19-17-9-7-6-8-16(17)18(3,4)5/h6-9,13-15,19H,10-12H2,1-5H3. The van der Waals surface area contributed by atoms with Gasteiger partial charge in [-0.25, -0.2) is 0 Å². The number of hydrogen-bond acceptors (Lipinski definition) is 1. The van der Waals surface area contributed by atoms with Crippen LogP contribution in [0.4, 0.5) is 5.69 Å². The molecule has 1 aromatic rings. The normalized spacial score (nSPS) is 28.2. The molecular weight excluding hydrogens is 230 g/mol. The van der Waals surface area contributed by atoms with Crippen LogP contribution in [0.15, 0.2) is 24.3 Å². The molecule has 0 radical (unpaired) electrons. The molecule has 19 heavy (non-hydrogen) atoms. The number of para-hydroxylation sites is 1. The molecule has 0 aliphatic heterocycles. The minimum atomic E-state index is 0.204. The van der Waals surface area contributed by atoms with Gasteiger partial charge in [-0.2, -0.15) is 0 Å². The molecule has 0 heterocycles. The molecule has 1 aromatic carbocycles. The molecule has 1 aliphatic rings. The van der Waals surface area contributed by atoms with Gasteiger partial charge in [-0.1, -0.05) is 52.8 Å². The minimum Gasteiger partial charge on any atom is -0.382 e. The van der Waals surface area contributed by atoms with Gasteiger partial charge in [0, 0.05) is 11.7 Å². The van der Waals surface area contributed by atoms with E-state index in [9.17, 15) is 0 Å². The molecule has 1 heteroatoms. The average Bonchev–Trinajstić information content (AvgIpc) is 2.26. The van der Waals surface area contributed by atoms with Gasteiger partial charge in [0.2, 0.25) is 0 Å². The van der Waals surface area contributed by atoms with Crippen molar-refractivity contribution in [3.05, 3.63) is 29.8 Å². The topological polar surface area (TPSA) is 12.0 Å². The van der Waals surface area contributed by atoms with Gasteiger partial charge in [0.05, 0.1) is 0 Å². The first-order valence-corrected chi connectivity index (χ1v) is 7.72.